The second-order valence-corrected chi connectivity index (χ2v) is 7.96. The lowest BCUT2D eigenvalue weighted by Crippen LogP contribution is -2.52. The molecule has 1 N–H and O–H groups in total. The van der Waals surface area contributed by atoms with Gasteiger partial charge in [0.2, 0.25) is 5.91 Å². The molecule has 26 heavy (non-hydrogen) atoms. The van der Waals surface area contributed by atoms with Crippen molar-refractivity contribution >= 4 is 16.8 Å². The Morgan fingerprint density at radius 3 is 2.69 bits per heavy atom. The Balaban J connectivity index is 1.28. The van der Waals surface area contributed by atoms with Gasteiger partial charge in [0.15, 0.2) is 0 Å². The summed E-state index contributed by atoms with van der Waals surface area (Å²) in [5, 5.41) is 8.28. The molecule has 2 fully saturated rings. The van der Waals surface area contributed by atoms with Crippen LogP contribution in [-0.4, -0.2) is 58.1 Å². The van der Waals surface area contributed by atoms with E-state index in [1.807, 2.05) is 6.20 Å². The Labute approximate surface area is 155 Å². The molecule has 140 valence electrons. The van der Waals surface area contributed by atoms with E-state index in [0.29, 0.717) is 12.3 Å². The minimum Gasteiger partial charge on any atom is -0.340 e. The molecule has 2 heterocycles. The number of amides is 1. The molecular weight excluding hydrogens is 324 g/mol. The maximum atomic E-state index is 12.6. The number of carbonyl (C=O) groups is 1. The largest absolute Gasteiger partial charge is 0.340 e. The van der Waals surface area contributed by atoms with Gasteiger partial charge in [0.25, 0.3) is 0 Å². The van der Waals surface area contributed by atoms with Crippen LogP contribution in [0.2, 0.25) is 0 Å². The van der Waals surface area contributed by atoms with Gasteiger partial charge in [-0.05, 0) is 43.4 Å². The van der Waals surface area contributed by atoms with E-state index in [1.165, 1.54) is 43.2 Å². The van der Waals surface area contributed by atoms with Gasteiger partial charge in [-0.1, -0.05) is 25.3 Å². The van der Waals surface area contributed by atoms with E-state index in [2.05, 4.69) is 39.1 Å². The Kier molecular flexibility index (Phi) is 5.25. The molecule has 1 saturated heterocycles. The van der Waals surface area contributed by atoms with Crippen LogP contribution >= 0.6 is 0 Å². The van der Waals surface area contributed by atoms with Crippen LogP contribution in [0.15, 0.2) is 18.3 Å². The van der Waals surface area contributed by atoms with Crippen LogP contribution in [0.25, 0.3) is 10.9 Å². The number of hydrogen-bond donors (Lipinski definition) is 1. The number of benzene rings is 1. The average Bonchev–Trinajstić information content (AvgIpc) is 3.16. The molecule has 0 spiro atoms. The molecule has 1 aromatic carbocycles. The fraction of sp³-hybridized carbons (Fsp3) is 0.619. The Bertz CT molecular complexity index is 754. The molecule has 0 atom stereocenters. The van der Waals surface area contributed by atoms with Crippen molar-refractivity contribution in [3.63, 3.8) is 0 Å². The summed E-state index contributed by atoms with van der Waals surface area (Å²) in [7, 11) is 0. The lowest BCUT2D eigenvalue weighted by Gasteiger charge is -2.40. The van der Waals surface area contributed by atoms with E-state index < -0.39 is 0 Å². The Hall–Kier alpha value is -1.88. The number of carbonyl (C=O) groups excluding carboxylic acids is 1. The number of hydrogen-bond acceptors (Lipinski definition) is 3. The van der Waals surface area contributed by atoms with Crippen molar-refractivity contribution in [3.05, 3.63) is 29.5 Å². The highest BCUT2D eigenvalue weighted by molar-refractivity contribution is 5.82. The molecule has 1 aliphatic heterocycles. The highest BCUT2D eigenvalue weighted by Gasteiger charge is 2.26. The molecule has 1 saturated carbocycles. The Morgan fingerprint density at radius 2 is 1.92 bits per heavy atom. The summed E-state index contributed by atoms with van der Waals surface area (Å²) in [5.74, 6) is 0.304. The number of aryl methyl sites for hydroxylation is 2. The molecule has 0 radical (unpaired) electrons. The van der Waals surface area contributed by atoms with Gasteiger partial charge < -0.3 is 4.90 Å². The van der Waals surface area contributed by atoms with Crippen LogP contribution in [0.4, 0.5) is 0 Å². The fourth-order valence-corrected chi connectivity index (χ4v) is 4.65. The first-order chi connectivity index (χ1) is 12.7. The zero-order valence-corrected chi connectivity index (χ0v) is 15.8. The molecular formula is C21H30N4O. The Morgan fingerprint density at radius 1 is 1.15 bits per heavy atom. The molecule has 5 nitrogen and oxygen atoms in total. The van der Waals surface area contributed by atoms with E-state index in [-0.39, 0.29) is 0 Å². The highest BCUT2D eigenvalue weighted by atomic mass is 16.2. The molecule has 1 aliphatic carbocycles. The first-order valence-electron chi connectivity index (χ1n) is 10.1. The van der Waals surface area contributed by atoms with Crippen LogP contribution in [0.3, 0.4) is 0 Å². The van der Waals surface area contributed by atoms with Gasteiger partial charge in [-0.25, -0.2) is 0 Å². The molecule has 4 rings (SSSR count). The minimum atomic E-state index is 0.304. The molecule has 1 amide bonds. The highest BCUT2D eigenvalue weighted by Crippen LogP contribution is 2.24. The minimum absolute atomic E-state index is 0.304. The standard InChI is InChI=1S/C21H30N4O/c1-16-13-17(14-18-15-22-23-21(16)18)7-8-20(26)25-11-9-24(10-12-25)19-5-3-2-4-6-19/h13-15,19H,2-12H2,1H3,(H,22,23). The van der Waals surface area contributed by atoms with Gasteiger partial charge in [0.05, 0.1) is 11.7 Å². The second kappa shape index (κ2) is 7.78. The first kappa shape index (κ1) is 17.5. The summed E-state index contributed by atoms with van der Waals surface area (Å²) < 4.78 is 0. The number of piperazine rings is 1. The maximum Gasteiger partial charge on any atom is 0.222 e. The third-order valence-corrected chi connectivity index (χ3v) is 6.19. The van der Waals surface area contributed by atoms with Crippen molar-refractivity contribution in [2.24, 2.45) is 0 Å². The normalized spacial score (nSPS) is 20.0. The molecule has 1 aromatic heterocycles. The summed E-state index contributed by atoms with van der Waals surface area (Å²) in [4.78, 5) is 17.3. The number of nitrogens with zero attached hydrogens (tertiary/aromatic N) is 3. The third kappa shape index (κ3) is 3.78. The number of rotatable bonds is 4. The van der Waals surface area contributed by atoms with Crippen LogP contribution in [-0.2, 0) is 11.2 Å². The second-order valence-electron chi connectivity index (χ2n) is 7.96. The summed E-state index contributed by atoms with van der Waals surface area (Å²) in [5.41, 5.74) is 3.52. The van der Waals surface area contributed by atoms with E-state index >= 15 is 0 Å². The van der Waals surface area contributed by atoms with Gasteiger partial charge in [-0.15, -0.1) is 0 Å². The summed E-state index contributed by atoms with van der Waals surface area (Å²) in [6, 6.07) is 5.10. The predicted octanol–water partition coefficient (Wildman–Crippen LogP) is 3.28. The van der Waals surface area contributed by atoms with Crippen molar-refractivity contribution < 1.29 is 4.79 Å². The zero-order chi connectivity index (χ0) is 17.9. The SMILES string of the molecule is Cc1cc(CCC(=O)N2CCN(C3CCCCC3)CC2)cc2cn[nH]c12. The predicted molar refractivity (Wildman–Crippen MR) is 104 cm³/mol. The van der Waals surface area contributed by atoms with E-state index in [1.54, 1.807) is 0 Å². The van der Waals surface area contributed by atoms with Crippen molar-refractivity contribution in [2.45, 2.75) is 57.9 Å². The monoisotopic (exact) mass is 354 g/mol. The van der Waals surface area contributed by atoms with Gasteiger partial charge in [0, 0.05) is 44.0 Å². The average molecular weight is 354 g/mol. The third-order valence-electron chi connectivity index (χ3n) is 6.19. The topological polar surface area (TPSA) is 52.2 Å². The van der Waals surface area contributed by atoms with Crippen molar-refractivity contribution in [3.8, 4) is 0 Å². The summed E-state index contributed by atoms with van der Waals surface area (Å²) in [6.07, 6.45) is 10.1. The van der Waals surface area contributed by atoms with Crippen molar-refractivity contribution in [1.29, 1.82) is 0 Å². The van der Waals surface area contributed by atoms with Gasteiger partial charge in [-0.3, -0.25) is 14.8 Å². The molecule has 0 bridgehead atoms. The number of fused-ring (bicyclic) bond motifs is 1. The van der Waals surface area contributed by atoms with Crippen LogP contribution in [0, 0.1) is 6.92 Å². The summed E-state index contributed by atoms with van der Waals surface area (Å²) in [6.45, 7) is 5.99. The summed E-state index contributed by atoms with van der Waals surface area (Å²) >= 11 is 0. The fourth-order valence-electron chi connectivity index (χ4n) is 4.65. The van der Waals surface area contributed by atoms with Gasteiger partial charge in [0.1, 0.15) is 0 Å². The zero-order valence-electron chi connectivity index (χ0n) is 15.8. The maximum absolute atomic E-state index is 12.6. The van der Waals surface area contributed by atoms with E-state index in [4.69, 9.17) is 0 Å². The number of nitrogens with one attached hydrogen (secondary N) is 1. The van der Waals surface area contributed by atoms with Gasteiger partial charge in [-0.2, -0.15) is 5.10 Å². The lowest BCUT2D eigenvalue weighted by atomic mass is 9.94. The smallest absolute Gasteiger partial charge is 0.222 e. The number of aromatic nitrogens is 2. The first-order valence-corrected chi connectivity index (χ1v) is 10.1. The van der Waals surface area contributed by atoms with Crippen molar-refractivity contribution in [2.75, 3.05) is 26.2 Å². The molecule has 2 aromatic rings. The lowest BCUT2D eigenvalue weighted by molar-refractivity contribution is -0.133. The van der Waals surface area contributed by atoms with Crippen LogP contribution in [0.5, 0.6) is 0 Å². The number of H-pyrrole nitrogens is 1. The quantitative estimate of drug-likeness (QED) is 0.917. The molecule has 5 heteroatoms. The van der Waals surface area contributed by atoms with Crippen LogP contribution in [0.1, 0.15) is 49.7 Å². The van der Waals surface area contributed by atoms with Crippen molar-refractivity contribution in [1.82, 2.24) is 20.0 Å². The van der Waals surface area contributed by atoms with Gasteiger partial charge >= 0.3 is 0 Å². The van der Waals surface area contributed by atoms with Crippen LogP contribution < -0.4 is 0 Å². The van der Waals surface area contributed by atoms with E-state index in [9.17, 15) is 4.79 Å². The van der Waals surface area contributed by atoms with E-state index in [0.717, 1.165) is 49.5 Å². The number of aromatic amines is 1. The molecule has 0 unspecified atom stereocenters. The molecule has 2 aliphatic rings.